The van der Waals surface area contributed by atoms with E-state index in [2.05, 4.69) is 50.2 Å². The number of thiophene rings is 1. The lowest BCUT2D eigenvalue weighted by Gasteiger charge is -2.37. The maximum atomic E-state index is 13.2. The minimum Gasteiger partial charge on any atom is -0.355 e. The smallest absolute Gasteiger partial charge is 0.227 e. The van der Waals surface area contributed by atoms with Gasteiger partial charge in [0.1, 0.15) is 17.0 Å². The summed E-state index contributed by atoms with van der Waals surface area (Å²) in [4.78, 5) is 32.2. The van der Waals surface area contributed by atoms with Crippen LogP contribution in [0.15, 0.2) is 17.8 Å². The summed E-state index contributed by atoms with van der Waals surface area (Å²) in [5.74, 6) is 1.29. The zero-order chi connectivity index (χ0) is 21.1. The van der Waals surface area contributed by atoms with Crippen molar-refractivity contribution in [3.8, 4) is 0 Å². The van der Waals surface area contributed by atoms with E-state index in [0.717, 1.165) is 55.1 Å². The fourth-order valence-electron chi connectivity index (χ4n) is 4.75. The number of amides is 1. The molecular formula is C22H34N6OS. The van der Waals surface area contributed by atoms with Crippen molar-refractivity contribution < 1.29 is 4.79 Å². The van der Waals surface area contributed by atoms with Gasteiger partial charge in [-0.2, -0.15) is 0 Å². The molecule has 8 heteroatoms. The highest BCUT2D eigenvalue weighted by Gasteiger charge is 2.30. The van der Waals surface area contributed by atoms with Crippen molar-refractivity contribution >= 4 is 33.3 Å². The quantitative estimate of drug-likeness (QED) is 0.701. The number of likely N-dealkylation sites (N-methyl/N-ethyl adjacent to an activating group) is 2. The first-order chi connectivity index (χ1) is 14.5. The summed E-state index contributed by atoms with van der Waals surface area (Å²) in [6.07, 6.45) is 6.07. The molecule has 0 aliphatic carbocycles. The van der Waals surface area contributed by atoms with E-state index < -0.39 is 0 Å². The Bertz CT molecular complexity index is 849. The lowest BCUT2D eigenvalue weighted by Crippen LogP contribution is -2.47. The molecule has 2 aromatic rings. The molecule has 0 radical (unpaired) electrons. The van der Waals surface area contributed by atoms with Gasteiger partial charge in [-0.1, -0.05) is 0 Å². The Hall–Kier alpha value is -1.77. The molecule has 0 N–H and O–H groups in total. The van der Waals surface area contributed by atoms with Crippen molar-refractivity contribution in [3.63, 3.8) is 0 Å². The van der Waals surface area contributed by atoms with Crippen molar-refractivity contribution in [2.45, 2.75) is 31.7 Å². The van der Waals surface area contributed by atoms with Gasteiger partial charge in [-0.15, -0.1) is 11.3 Å². The van der Waals surface area contributed by atoms with Gasteiger partial charge in [-0.25, -0.2) is 9.97 Å². The molecule has 2 saturated heterocycles. The molecule has 2 aromatic heterocycles. The Morgan fingerprint density at radius 2 is 1.97 bits per heavy atom. The van der Waals surface area contributed by atoms with Gasteiger partial charge in [0.2, 0.25) is 5.91 Å². The molecule has 30 heavy (non-hydrogen) atoms. The summed E-state index contributed by atoms with van der Waals surface area (Å²) in [6.45, 7) is 5.77. The first kappa shape index (κ1) is 21.5. The minimum atomic E-state index is 0.0426. The number of aromatic nitrogens is 2. The van der Waals surface area contributed by atoms with Gasteiger partial charge >= 0.3 is 0 Å². The van der Waals surface area contributed by atoms with E-state index in [1.807, 2.05) is 11.9 Å². The standard InChI is InChI=1S/C22H34N6OS/c1-25-10-6-18(7-11-25)26(2)12-13-27(3)22(29)17-5-4-9-28(15-17)20-19-8-14-30-21(19)24-16-23-20/h8,14,16-18H,4-7,9-13,15H2,1-3H3. The highest BCUT2D eigenvalue weighted by Crippen LogP contribution is 2.30. The Morgan fingerprint density at radius 3 is 2.77 bits per heavy atom. The lowest BCUT2D eigenvalue weighted by atomic mass is 9.96. The Labute approximate surface area is 183 Å². The van der Waals surface area contributed by atoms with Gasteiger partial charge in [-0.3, -0.25) is 4.79 Å². The first-order valence-corrected chi connectivity index (χ1v) is 12.0. The van der Waals surface area contributed by atoms with Crippen LogP contribution in [0.3, 0.4) is 0 Å². The molecule has 4 heterocycles. The van der Waals surface area contributed by atoms with E-state index in [9.17, 15) is 4.79 Å². The molecule has 164 valence electrons. The molecule has 0 aromatic carbocycles. The Balaban J connectivity index is 1.32. The maximum Gasteiger partial charge on any atom is 0.227 e. The second kappa shape index (κ2) is 9.58. The van der Waals surface area contributed by atoms with Crippen LogP contribution in [-0.2, 0) is 4.79 Å². The molecule has 7 nitrogen and oxygen atoms in total. The molecule has 1 unspecified atom stereocenters. The fourth-order valence-corrected chi connectivity index (χ4v) is 5.48. The molecule has 1 amide bonds. The number of piperidine rings is 2. The van der Waals surface area contributed by atoms with Crippen molar-refractivity contribution in [1.29, 1.82) is 0 Å². The van der Waals surface area contributed by atoms with Crippen LogP contribution in [-0.4, -0.2) is 97.0 Å². The molecule has 4 rings (SSSR count). The van der Waals surface area contributed by atoms with Crippen LogP contribution in [0.25, 0.3) is 10.2 Å². The third-order valence-corrected chi connectivity index (χ3v) is 7.61. The zero-order valence-electron chi connectivity index (χ0n) is 18.5. The predicted molar refractivity (Wildman–Crippen MR) is 123 cm³/mol. The topological polar surface area (TPSA) is 55.8 Å². The lowest BCUT2D eigenvalue weighted by molar-refractivity contribution is -0.134. The van der Waals surface area contributed by atoms with Crippen LogP contribution in [0.1, 0.15) is 25.7 Å². The highest BCUT2D eigenvalue weighted by atomic mass is 32.1. The van der Waals surface area contributed by atoms with Crippen LogP contribution < -0.4 is 4.90 Å². The average molecular weight is 431 g/mol. The predicted octanol–water partition coefficient (Wildman–Crippen LogP) is 2.39. The van der Waals surface area contributed by atoms with Gasteiger partial charge in [0.15, 0.2) is 0 Å². The summed E-state index contributed by atoms with van der Waals surface area (Å²) < 4.78 is 0. The summed E-state index contributed by atoms with van der Waals surface area (Å²) in [6, 6.07) is 2.73. The van der Waals surface area contributed by atoms with Gasteiger partial charge in [0.25, 0.3) is 0 Å². The molecule has 2 aliphatic heterocycles. The van der Waals surface area contributed by atoms with E-state index in [0.29, 0.717) is 6.04 Å². The number of rotatable bonds is 6. The van der Waals surface area contributed by atoms with Gasteiger partial charge in [-0.05, 0) is 64.3 Å². The monoisotopic (exact) mass is 430 g/mol. The number of fused-ring (bicyclic) bond motifs is 1. The molecule has 2 aliphatic rings. The summed E-state index contributed by atoms with van der Waals surface area (Å²) >= 11 is 1.64. The van der Waals surface area contributed by atoms with Crippen LogP contribution in [0, 0.1) is 5.92 Å². The number of hydrogen-bond acceptors (Lipinski definition) is 7. The number of carbonyl (C=O) groups is 1. The van der Waals surface area contributed by atoms with Gasteiger partial charge in [0, 0.05) is 39.3 Å². The van der Waals surface area contributed by atoms with Crippen molar-refractivity contribution in [3.05, 3.63) is 17.8 Å². The highest BCUT2D eigenvalue weighted by molar-refractivity contribution is 7.16. The molecular weight excluding hydrogens is 396 g/mol. The van der Waals surface area contributed by atoms with E-state index in [1.54, 1.807) is 17.7 Å². The first-order valence-electron chi connectivity index (χ1n) is 11.1. The van der Waals surface area contributed by atoms with Gasteiger partial charge in [0.05, 0.1) is 11.3 Å². The molecule has 0 bridgehead atoms. The number of nitrogens with zero attached hydrogens (tertiary/aromatic N) is 6. The number of hydrogen-bond donors (Lipinski definition) is 0. The Kier molecular flexibility index (Phi) is 6.85. The molecule has 0 spiro atoms. The normalized spacial score (nSPS) is 21.5. The van der Waals surface area contributed by atoms with E-state index in [4.69, 9.17) is 0 Å². The number of anilines is 1. The van der Waals surface area contributed by atoms with Crippen molar-refractivity contribution in [1.82, 2.24) is 24.7 Å². The summed E-state index contributed by atoms with van der Waals surface area (Å²) in [5.41, 5.74) is 0. The minimum absolute atomic E-state index is 0.0426. The average Bonchev–Trinajstić information content (AvgIpc) is 3.26. The van der Waals surface area contributed by atoms with Crippen LogP contribution >= 0.6 is 11.3 Å². The second-order valence-electron chi connectivity index (χ2n) is 8.90. The SMILES string of the molecule is CN1CCC(N(C)CCN(C)C(=O)C2CCCN(c3ncnc4sccc34)C2)CC1. The molecule has 1 atom stereocenters. The van der Waals surface area contributed by atoms with Crippen molar-refractivity contribution in [2.24, 2.45) is 5.92 Å². The third-order valence-electron chi connectivity index (χ3n) is 6.79. The maximum absolute atomic E-state index is 13.2. The van der Waals surface area contributed by atoms with Crippen LogP contribution in [0.4, 0.5) is 5.82 Å². The van der Waals surface area contributed by atoms with E-state index >= 15 is 0 Å². The van der Waals surface area contributed by atoms with Gasteiger partial charge < -0.3 is 19.6 Å². The van der Waals surface area contributed by atoms with Crippen molar-refractivity contribution in [2.75, 3.05) is 65.3 Å². The summed E-state index contributed by atoms with van der Waals surface area (Å²) in [7, 11) is 6.37. The third kappa shape index (κ3) is 4.76. The largest absolute Gasteiger partial charge is 0.355 e. The number of carbonyl (C=O) groups excluding carboxylic acids is 1. The zero-order valence-corrected chi connectivity index (χ0v) is 19.3. The molecule has 0 saturated carbocycles. The fraction of sp³-hybridized carbons (Fsp3) is 0.682. The van der Waals surface area contributed by atoms with Crippen LogP contribution in [0.5, 0.6) is 0 Å². The number of likely N-dealkylation sites (tertiary alicyclic amines) is 1. The second-order valence-corrected chi connectivity index (χ2v) is 9.79. The van der Waals surface area contributed by atoms with E-state index in [-0.39, 0.29) is 11.8 Å². The molecule has 2 fully saturated rings. The summed E-state index contributed by atoms with van der Waals surface area (Å²) in [5, 5.41) is 3.16. The Morgan fingerprint density at radius 1 is 1.17 bits per heavy atom. The van der Waals surface area contributed by atoms with Crippen LogP contribution in [0.2, 0.25) is 0 Å². The van der Waals surface area contributed by atoms with E-state index in [1.165, 1.54) is 25.9 Å².